The predicted octanol–water partition coefficient (Wildman–Crippen LogP) is 4.14. The first-order chi connectivity index (χ1) is 8.04. The Hall–Kier alpha value is -0.773. The van der Waals surface area contributed by atoms with Gasteiger partial charge in [-0.25, -0.2) is 4.79 Å². The lowest BCUT2D eigenvalue weighted by molar-refractivity contribution is 0.0858. The molecular formula is C14H29NO2Si. The van der Waals surface area contributed by atoms with Gasteiger partial charge in [-0.3, -0.25) is 0 Å². The molecule has 106 valence electrons. The predicted molar refractivity (Wildman–Crippen MR) is 80.8 cm³/mol. The van der Waals surface area contributed by atoms with Crippen molar-refractivity contribution in [2.24, 2.45) is 0 Å². The van der Waals surface area contributed by atoms with Crippen molar-refractivity contribution in [3.8, 4) is 0 Å². The van der Waals surface area contributed by atoms with Crippen LogP contribution in [0.4, 0.5) is 4.79 Å². The molecule has 0 radical (unpaired) electrons. The molecule has 0 aromatic carbocycles. The lowest BCUT2D eigenvalue weighted by atomic mass is 10.2. The van der Waals surface area contributed by atoms with Crippen molar-refractivity contribution in [3.63, 3.8) is 0 Å². The number of amides is 1. The second-order valence-corrected chi connectivity index (χ2v) is 12.1. The van der Waals surface area contributed by atoms with E-state index >= 15 is 0 Å². The van der Waals surface area contributed by atoms with Gasteiger partial charge in [0.25, 0.3) is 0 Å². The summed E-state index contributed by atoms with van der Waals surface area (Å²) >= 11 is 0. The summed E-state index contributed by atoms with van der Waals surface area (Å²) in [4.78, 5) is 13.7. The summed E-state index contributed by atoms with van der Waals surface area (Å²) in [6.45, 7) is 19.2. The molecule has 0 fully saturated rings. The van der Waals surface area contributed by atoms with E-state index in [2.05, 4.69) is 26.2 Å². The zero-order valence-electron chi connectivity index (χ0n) is 13.0. The Morgan fingerprint density at radius 3 is 1.94 bits per heavy atom. The Morgan fingerprint density at radius 2 is 1.61 bits per heavy atom. The Labute approximate surface area is 113 Å². The largest absolute Gasteiger partial charge is 0.445 e. The summed E-state index contributed by atoms with van der Waals surface area (Å²) in [5.41, 5.74) is 1.02. The fraction of sp³-hybridized carbons (Fsp3) is 0.786. The molecule has 0 N–H and O–H groups in total. The summed E-state index contributed by atoms with van der Waals surface area (Å²) < 4.78 is 5.34. The fourth-order valence-corrected chi connectivity index (χ4v) is 3.66. The highest BCUT2D eigenvalue weighted by Crippen LogP contribution is 2.16. The first-order valence-electron chi connectivity index (χ1n) is 6.66. The van der Waals surface area contributed by atoms with Gasteiger partial charge in [0.1, 0.15) is 6.61 Å². The summed E-state index contributed by atoms with van der Waals surface area (Å²) in [6.07, 6.45) is -0.239. The van der Waals surface area contributed by atoms with Crippen LogP contribution in [0.1, 0.15) is 27.7 Å². The summed E-state index contributed by atoms with van der Waals surface area (Å²) in [7, 11) is -1.17. The SMILES string of the molecule is C=C(COC(=O)N(C(C)C)C(C)C)C[Si](C)(C)C. The van der Waals surface area contributed by atoms with Crippen LogP contribution in [0.2, 0.25) is 25.7 Å². The molecule has 18 heavy (non-hydrogen) atoms. The third kappa shape index (κ3) is 6.84. The average Bonchev–Trinajstić information content (AvgIpc) is 2.10. The number of hydrogen-bond acceptors (Lipinski definition) is 2. The van der Waals surface area contributed by atoms with Crippen molar-refractivity contribution in [1.29, 1.82) is 0 Å². The Kier molecular flexibility index (Phi) is 6.67. The first kappa shape index (κ1) is 17.2. The third-order valence-corrected chi connectivity index (χ3v) is 4.06. The zero-order chi connectivity index (χ0) is 14.5. The molecule has 3 nitrogen and oxygen atoms in total. The van der Waals surface area contributed by atoms with Crippen LogP contribution in [0.3, 0.4) is 0 Å². The number of ether oxygens (including phenoxy) is 1. The van der Waals surface area contributed by atoms with Crippen LogP contribution in [-0.2, 0) is 4.74 Å². The molecular weight excluding hydrogens is 242 g/mol. The molecule has 0 spiro atoms. The molecule has 0 aromatic heterocycles. The molecule has 0 aliphatic rings. The van der Waals surface area contributed by atoms with Crippen molar-refractivity contribution in [1.82, 2.24) is 4.90 Å². The second-order valence-electron chi connectivity index (χ2n) is 6.64. The van der Waals surface area contributed by atoms with E-state index in [-0.39, 0.29) is 18.2 Å². The first-order valence-corrected chi connectivity index (χ1v) is 10.4. The van der Waals surface area contributed by atoms with Gasteiger partial charge >= 0.3 is 6.09 Å². The Morgan fingerprint density at radius 1 is 1.17 bits per heavy atom. The maximum atomic E-state index is 12.0. The van der Waals surface area contributed by atoms with Crippen LogP contribution >= 0.6 is 0 Å². The van der Waals surface area contributed by atoms with Crippen LogP contribution in [0.15, 0.2) is 12.2 Å². The van der Waals surface area contributed by atoms with Crippen LogP contribution in [0, 0.1) is 0 Å². The van der Waals surface area contributed by atoms with Gasteiger partial charge in [-0.1, -0.05) is 26.2 Å². The minimum absolute atomic E-state index is 0.155. The van der Waals surface area contributed by atoms with Crippen LogP contribution in [0.25, 0.3) is 0 Å². The van der Waals surface area contributed by atoms with Gasteiger partial charge in [-0.2, -0.15) is 0 Å². The minimum atomic E-state index is -1.17. The molecule has 0 heterocycles. The van der Waals surface area contributed by atoms with Gasteiger partial charge in [0, 0.05) is 20.2 Å². The van der Waals surface area contributed by atoms with Crippen LogP contribution in [-0.4, -0.2) is 37.8 Å². The topological polar surface area (TPSA) is 29.5 Å². The van der Waals surface area contributed by atoms with Gasteiger partial charge in [0.05, 0.1) is 0 Å². The highest BCUT2D eigenvalue weighted by Gasteiger charge is 2.22. The van der Waals surface area contributed by atoms with Gasteiger partial charge in [0.15, 0.2) is 0 Å². The molecule has 1 amide bonds. The van der Waals surface area contributed by atoms with E-state index in [1.807, 2.05) is 27.7 Å². The minimum Gasteiger partial charge on any atom is -0.445 e. The lowest BCUT2D eigenvalue weighted by Crippen LogP contribution is -2.42. The van der Waals surface area contributed by atoms with Gasteiger partial charge in [-0.15, -0.1) is 0 Å². The number of nitrogens with zero attached hydrogens (tertiary/aromatic N) is 1. The summed E-state index contributed by atoms with van der Waals surface area (Å²) in [6, 6.07) is 1.31. The highest BCUT2D eigenvalue weighted by molar-refractivity contribution is 6.76. The summed E-state index contributed by atoms with van der Waals surface area (Å²) in [5.74, 6) is 0. The molecule has 0 aliphatic carbocycles. The van der Waals surface area contributed by atoms with Crippen molar-refractivity contribution in [3.05, 3.63) is 12.2 Å². The van der Waals surface area contributed by atoms with E-state index < -0.39 is 8.07 Å². The monoisotopic (exact) mass is 271 g/mol. The van der Waals surface area contributed by atoms with Gasteiger partial charge in [0.2, 0.25) is 0 Å². The van der Waals surface area contributed by atoms with Crippen molar-refractivity contribution in [2.45, 2.75) is 65.5 Å². The van der Waals surface area contributed by atoms with E-state index in [4.69, 9.17) is 4.74 Å². The molecule has 0 atom stereocenters. The zero-order valence-corrected chi connectivity index (χ0v) is 14.0. The van der Waals surface area contributed by atoms with Crippen molar-refractivity contribution < 1.29 is 9.53 Å². The third-order valence-electron chi connectivity index (χ3n) is 2.50. The quantitative estimate of drug-likeness (QED) is 0.537. The van der Waals surface area contributed by atoms with E-state index in [1.54, 1.807) is 4.90 Å². The molecule has 0 rings (SSSR count). The molecule has 0 aromatic rings. The molecule has 0 bridgehead atoms. The highest BCUT2D eigenvalue weighted by atomic mass is 28.3. The smallest absolute Gasteiger partial charge is 0.410 e. The van der Waals surface area contributed by atoms with E-state index in [0.29, 0.717) is 6.61 Å². The number of carbonyl (C=O) groups excluding carboxylic acids is 1. The van der Waals surface area contributed by atoms with Crippen LogP contribution < -0.4 is 0 Å². The normalized spacial score (nSPS) is 11.8. The lowest BCUT2D eigenvalue weighted by Gasteiger charge is -2.30. The number of hydrogen-bond donors (Lipinski definition) is 0. The number of rotatable bonds is 6. The maximum absolute atomic E-state index is 12.0. The van der Waals surface area contributed by atoms with Gasteiger partial charge < -0.3 is 9.64 Å². The Bertz CT molecular complexity index is 285. The van der Waals surface area contributed by atoms with Crippen molar-refractivity contribution >= 4 is 14.2 Å². The van der Waals surface area contributed by atoms with Crippen LogP contribution in [0.5, 0.6) is 0 Å². The van der Waals surface area contributed by atoms with E-state index in [0.717, 1.165) is 11.6 Å². The summed E-state index contributed by atoms with van der Waals surface area (Å²) in [5, 5.41) is 0. The average molecular weight is 271 g/mol. The molecule has 0 aliphatic heterocycles. The van der Waals surface area contributed by atoms with E-state index in [9.17, 15) is 4.79 Å². The second kappa shape index (κ2) is 6.97. The molecule has 4 heteroatoms. The fourth-order valence-electron chi connectivity index (χ4n) is 2.06. The molecule has 0 unspecified atom stereocenters. The van der Waals surface area contributed by atoms with Crippen molar-refractivity contribution in [2.75, 3.05) is 6.61 Å². The van der Waals surface area contributed by atoms with Gasteiger partial charge in [-0.05, 0) is 39.3 Å². The maximum Gasteiger partial charge on any atom is 0.410 e. The molecule has 0 saturated carbocycles. The van der Waals surface area contributed by atoms with E-state index in [1.165, 1.54) is 0 Å². The number of carbonyl (C=O) groups is 1. The molecule has 0 saturated heterocycles. The standard InChI is InChI=1S/C14H29NO2Si/c1-11(2)15(12(3)4)14(16)17-9-13(5)10-18(6,7)8/h11-12H,5,9-10H2,1-4,6-8H3. The Balaban J connectivity index is 4.29.